The van der Waals surface area contributed by atoms with E-state index in [-0.39, 0.29) is 5.78 Å². The molecule has 3 heterocycles. The average Bonchev–Trinajstić information content (AvgIpc) is 3.27. The van der Waals surface area contributed by atoms with Crippen molar-refractivity contribution in [2.75, 3.05) is 19.8 Å². The molecule has 2 aliphatic rings. The highest BCUT2D eigenvalue weighted by molar-refractivity contribution is 6.30. The van der Waals surface area contributed by atoms with Gasteiger partial charge in [0.1, 0.15) is 0 Å². The van der Waals surface area contributed by atoms with Gasteiger partial charge in [0.15, 0.2) is 5.78 Å². The van der Waals surface area contributed by atoms with Crippen LogP contribution in [-0.2, 0) is 11.2 Å². The number of hydrogen-bond donors (Lipinski definition) is 0. The minimum Gasteiger partial charge on any atom is -0.381 e. The summed E-state index contributed by atoms with van der Waals surface area (Å²) in [6.07, 6.45) is 4.46. The number of Topliss-reactive ketones (excluding diaryl/α,β-unsaturated/α-hetero) is 1. The van der Waals surface area contributed by atoms with Crippen molar-refractivity contribution in [3.63, 3.8) is 0 Å². The van der Waals surface area contributed by atoms with Crippen molar-refractivity contribution >= 4 is 28.3 Å². The number of halogens is 1. The highest BCUT2D eigenvalue weighted by atomic mass is 35.5. The fraction of sp³-hybridized carbons (Fsp3) is 0.464. The lowest BCUT2D eigenvalue weighted by Crippen LogP contribution is -2.38. The molecule has 0 bridgehead atoms. The molecule has 0 unspecified atom stereocenters. The SMILES string of the molecule is CC[C@H]1CC[C@@H](C)N1CC(=O)c1c(C)n(-c2ccc(Cl)cc2)c2cc(CC3COC3)ccc12. The van der Waals surface area contributed by atoms with Gasteiger partial charge in [0.25, 0.3) is 0 Å². The zero-order valence-corrected chi connectivity index (χ0v) is 20.6. The van der Waals surface area contributed by atoms with Crippen LogP contribution < -0.4 is 0 Å². The molecule has 5 rings (SSSR count). The second kappa shape index (κ2) is 9.25. The van der Waals surface area contributed by atoms with Gasteiger partial charge >= 0.3 is 0 Å². The monoisotopic (exact) mass is 464 g/mol. The third kappa shape index (κ3) is 4.25. The Labute approximate surface area is 201 Å². The molecule has 2 fully saturated rings. The molecule has 4 nitrogen and oxygen atoms in total. The Morgan fingerprint density at radius 2 is 1.88 bits per heavy atom. The van der Waals surface area contributed by atoms with Crippen molar-refractivity contribution in [1.29, 1.82) is 0 Å². The number of hydrogen-bond acceptors (Lipinski definition) is 3. The molecule has 3 aromatic rings. The molecule has 2 saturated heterocycles. The largest absolute Gasteiger partial charge is 0.381 e. The zero-order chi connectivity index (χ0) is 23.1. The molecule has 2 atom stereocenters. The van der Waals surface area contributed by atoms with Crippen LogP contribution in [-0.4, -0.2) is 47.1 Å². The van der Waals surface area contributed by atoms with Crippen molar-refractivity contribution in [2.45, 2.75) is 58.5 Å². The number of rotatable bonds is 7. The smallest absolute Gasteiger partial charge is 0.179 e. The molecule has 0 N–H and O–H groups in total. The third-order valence-electron chi connectivity index (χ3n) is 7.62. The first-order chi connectivity index (χ1) is 16.0. The number of ether oxygens (including phenoxy) is 1. The molecule has 2 aliphatic heterocycles. The van der Waals surface area contributed by atoms with E-state index in [9.17, 15) is 4.79 Å². The molecular weight excluding hydrogens is 432 g/mol. The predicted molar refractivity (Wildman–Crippen MR) is 135 cm³/mol. The molecule has 0 amide bonds. The Morgan fingerprint density at radius 1 is 1.12 bits per heavy atom. The summed E-state index contributed by atoms with van der Waals surface area (Å²) >= 11 is 6.17. The summed E-state index contributed by atoms with van der Waals surface area (Å²) in [5, 5.41) is 1.75. The normalized spacial score (nSPS) is 21.6. The number of nitrogens with zero attached hydrogens (tertiary/aromatic N) is 2. The molecule has 2 aromatic carbocycles. The Morgan fingerprint density at radius 3 is 2.55 bits per heavy atom. The summed E-state index contributed by atoms with van der Waals surface area (Å²) in [5.74, 6) is 0.809. The van der Waals surface area contributed by atoms with Gasteiger partial charge in [-0.05, 0) is 75.4 Å². The molecule has 1 aromatic heterocycles. The second-order valence-corrected chi connectivity index (χ2v) is 10.3. The molecule has 174 valence electrons. The van der Waals surface area contributed by atoms with Crippen LogP contribution in [0.25, 0.3) is 16.6 Å². The fourth-order valence-electron chi connectivity index (χ4n) is 5.69. The van der Waals surface area contributed by atoms with Gasteiger partial charge in [-0.3, -0.25) is 9.69 Å². The van der Waals surface area contributed by atoms with Gasteiger partial charge < -0.3 is 9.30 Å². The Kier molecular flexibility index (Phi) is 6.34. The summed E-state index contributed by atoms with van der Waals surface area (Å²) in [6.45, 7) is 8.72. The average molecular weight is 465 g/mol. The number of carbonyl (C=O) groups excluding carboxylic acids is 1. The summed E-state index contributed by atoms with van der Waals surface area (Å²) in [5.41, 5.74) is 5.28. The van der Waals surface area contributed by atoms with Gasteiger partial charge in [0.05, 0.1) is 25.3 Å². The first-order valence-corrected chi connectivity index (χ1v) is 12.6. The zero-order valence-electron chi connectivity index (χ0n) is 19.8. The lowest BCUT2D eigenvalue weighted by molar-refractivity contribution is -0.0312. The van der Waals surface area contributed by atoms with Crippen LogP contribution in [0.5, 0.6) is 0 Å². The Hall–Kier alpha value is -2.14. The maximum Gasteiger partial charge on any atom is 0.179 e. The van der Waals surface area contributed by atoms with E-state index in [4.69, 9.17) is 16.3 Å². The van der Waals surface area contributed by atoms with Crippen molar-refractivity contribution < 1.29 is 9.53 Å². The van der Waals surface area contributed by atoms with Crippen LogP contribution in [0.1, 0.15) is 54.7 Å². The van der Waals surface area contributed by atoms with Crippen LogP contribution in [0.15, 0.2) is 42.5 Å². The lowest BCUT2D eigenvalue weighted by Gasteiger charge is -2.27. The van der Waals surface area contributed by atoms with Gasteiger partial charge in [-0.1, -0.05) is 30.7 Å². The first kappa shape index (κ1) is 22.6. The number of benzene rings is 2. The van der Waals surface area contributed by atoms with Crippen molar-refractivity contribution in [1.82, 2.24) is 9.47 Å². The van der Waals surface area contributed by atoms with Crippen LogP contribution in [0, 0.1) is 12.8 Å². The topological polar surface area (TPSA) is 34.5 Å². The number of likely N-dealkylation sites (tertiary alicyclic amines) is 1. The molecule has 0 aliphatic carbocycles. The van der Waals surface area contributed by atoms with Gasteiger partial charge in [0.2, 0.25) is 0 Å². The molecular formula is C28H33ClN2O2. The predicted octanol–water partition coefficient (Wildman–Crippen LogP) is 6.23. The number of aromatic nitrogens is 1. The van der Waals surface area contributed by atoms with Gasteiger partial charge in [-0.25, -0.2) is 0 Å². The van der Waals surface area contributed by atoms with E-state index in [0.717, 1.165) is 53.9 Å². The van der Waals surface area contributed by atoms with E-state index < -0.39 is 0 Å². The fourth-order valence-corrected chi connectivity index (χ4v) is 5.82. The molecule has 0 saturated carbocycles. The molecule has 33 heavy (non-hydrogen) atoms. The van der Waals surface area contributed by atoms with E-state index in [1.165, 1.54) is 18.4 Å². The highest BCUT2D eigenvalue weighted by Gasteiger charge is 2.32. The van der Waals surface area contributed by atoms with E-state index in [2.05, 4.69) is 48.4 Å². The minimum absolute atomic E-state index is 0.220. The summed E-state index contributed by atoms with van der Waals surface area (Å²) in [7, 11) is 0. The third-order valence-corrected chi connectivity index (χ3v) is 7.87. The van der Waals surface area contributed by atoms with Crippen molar-refractivity contribution in [2.24, 2.45) is 5.92 Å². The van der Waals surface area contributed by atoms with Gasteiger partial charge in [-0.15, -0.1) is 0 Å². The van der Waals surface area contributed by atoms with E-state index in [0.29, 0.717) is 29.6 Å². The summed E-state index contributed by atoms with van der Waals surface area (Å²) < 4.78 is 7.60. The number of fused-ring (bicyclic) bond motifs is 1. The van der Waals surface area contributed by atoms with Crippen LogP contribution >= 0.6 is 11.6 Å². The summed E-state index contributed by atoms with van der Waals surface area (Å²) in [4.78, 5) is 16.2. The van der Waals surface area contributed by atoms with Crippen LogP contribution in [0.4, 0.5) is 0 Å². The maximum atomic E-state index is 13.8. The Bertz CT molecular complexity index is 1160. The second-order valence-electron chi connectivity index (χ2n) is 9.82. The first-order valence-electron chi connectivity index (χ1n) is 12.2. The molecule has 5 heteroatoms. The maximum absolute atomic E-state index is 13.8. The van der Waals surface area contributed by atoms with Crippen molar-refractivity contribution in [3.8, 4) is 5.69 Å². The van der Waals surface area contributed by atoms with Crippen molar-refractivity contribution in [3.05, 3.63) is 64.3 Å². The lowest BCUT2D eigenvalue weighted by atomic mass is 9.96. The minimum atomic E-state index is 0.220. The van der Waals surface area contributed by atoms with E-state index >= 15 is 0 Å². The number of ketones is 1. The van der Waals surface area contributed by atoms with E-state index in [1.54, 1.807) is 0 Å². The standard InChI is InChI=1S/C28H33ClN2O2/c1-4-23-9-5-18(2)30(23)15-27(32)28-19(3)31(24-10-7-22(29)8-11-24)26-14-20(6-12-25(26)28)13-21-16-33-17-21/h6-8,10-12,14,18,21,23H,4-5,9,13,15-17H2,1-3H3/t18-,23+/m1/s1. The van der Waals surface area contributed by atoms with E-state index in [1.807, 2.05) is 24.3 Å². The van der Waals surface area contributed by atoms with Crippen LogP contribution in [0.2, 0.25) is 5.02 Å². The number of carbonyl (C=O) groups is 1. The van der Waals surface area contributed by atoms with Crippen LogP contribution in [0.3, 0.4) is 0 Å². The van der Waals surface area contributed by atoms with Gasteiger partial charge in [0, 0.05) is 45.4 Å². The highest BCUT2D eigenvalue weighted by Crippen LogP contribution is 2.33. The quantitative estimate of drug-likeness (QED) is 0.389. The Balaban J connectivity index is 1.58. The molecule has 0 radical (unpaired) electrons. The molecule has 0 spiro atoms. The summed E-state index contributed by atoms with van der Waals surface area (Å²) in [6, 6.07) is 15.5. The van der Waals surface area contributed by atoms with Gasteiger partial charge in [-0.2, -0.15) is 0 Å².